The summed E-state index contributed by atoms with van der Waals surface area (Å²) in [6.07, 6.45) is 7.01. The molecule has 0 radical (unpaired) electrons. The Kier molecular flexibility index (Phi) is 7.64. The Balaban J connectivity index is 1.89. The predicted octanol–water partition coefficient (Wildman–Crippen LogP) is 2.03. The Hall–Kier alpha value is -0.930. The minimum Gasteiger partial charge on any atom is -0.380 e. The fraction of sp³-hybridized carbons (Fsp3) is 0.615. The molecule has 0 amide bonds. The van der Waals surface area contributed by atoms with E-state index in [0.717, 1.165) is 39.1 Å². The van der Waals surface area contributed by atoms with Crippen LogP contribution in [0.15, 0.2) is 24.5 Å². The van der Waals surface area contributed by atoms with Crippen LogP contribution in [0.4, 0.5) is 0 Å². The quantitative estimate of drug-likeness (QED) is 0.649. The van der Waals surface area contributed by atoms with Gasteiger partial charge in [0.05, 0.1) is 6.61 Å². The molecule has 0 spiro atoms. The zero-order valence-corrected chi connectivity index (χ0v) is 10.1. The van der Waals surface area contributed by atoms with Gasteiger partial charge in [-0.1, -0.05) is 6.92 Å². The van der Waals surface area contributed by atoms with E-state index in [4.69, 9.17) is 4.74 Å². The molecule has 0 aromatic carbocycles. The van der Waals surface area contributed by atoms with Crippen molar-refractivity contribution < 1.29 is 4.74 Å². The Labute approximate surface area is 98.2 Å². The molecule has 1 aromatic heterocycles. The number of pyridine rings is 1. The molecule has 0 saturated carbocycles. The number of nitrogens with one attached hydrogen (secondary N) is 1. The van der Waals surface area contributed by atoms with Crippen molar-refractivity contribution in [3.05, 3.63) is 30.1 Å². The predicted molar refractivity (Wildman–Crippen MR) is 66.5 cm³/mol. The summed E-state index contributed by atoms with van der Waals surface area (Å²) in [5.74, 6) is 0. The molecular formula is C13H22N2O. The molecule has 16 heavy (non-hydrogen) atoms. The lowest BCUT2D eigenvalue weighted by Gasteiger charge is -2.05. The van der Waals surface area contributed by atoms with E-state index in [0.29, 0.717) is 0 Å². The van der Waals surface area contributed by atoms with Crippen molar-refractivity contribution in [2.45, 2.75) is 26.2 Å². The summed E-state index contributed by atoms with van der Waals surface area (Å²) in [7, 11) is 0. The molecule has 1 aromatic rings. The van der Waals surface area contributed by atoms with Gasteiger partial charge in [-0.25, -0.2) is 0 Å². The van der Waals surface area contributed by atoms with Crippen molar-refractivity contribution in [1.29, 1.82) is 0 Å². The van der Waals surface area contributed by atoms with Crippen molar-refractivity contribution in [3.8, 4) is 0 Å². The average molecular weight is 222 g/mol. The van der Waals surface area contributed by atoms with Crippen LogP contribution in [-0.2, 0) is 11.2 Å². The number of ether oxygens (including phenoxy) is 1. The molecule has 0 aliphatic rings. The minimum atomic E-state index is 0.816. The van der Waals surface area contributed by atoms with Gasteiger partial charge in [0.15, 0.2) is 0 Å². The second-order valence-corrected chi connectivity index (χ2v) is 3.82. The Bertz CT molecular complexity index is 251. The van der Waals surface area contributed by atoms with Crippen LogP contribution in [0.3, 0.4) is 0 Å². The third kappa shape index (κ3) is 6.53. The van der Waals surface area contributed by atoms with Crippen molar-refractivity contribution >= 4 is 0 Å². The fourth-order valence-electron chi connectivity index (χ4n) is 1.48. The molecule has 1 heterocycles. The van der Waals surface area contributed by atoms with Crippen molar-refractivity contribution in [2.75, 3.05) is 26.3 Å². The summed E-state index contributed by atoms with van der Waals surface area (Å²) in [4.78, 5) is 3.99. The van der Waals surface area contributed by atoms with Gasteiger partial charge < -0.3 is 10.1 Å². The molecule has 0 atom stereocenters. The smallest absolute Gasteiger partial charge is 0.0590 e. The van der Waals surface area contributed by atoms with E-state index in [2.05, 4.69) is 29.4 Å². The number of aromatic nitrogens is 1. The molecule has 1 rings (SSSR count). The summed E-state index contributed by atoms with van der Waals surface area (Å²) in [5, 5.41) is 3.31. The van der Waals surface area contributed by atoms with E-state index in [1.165, 1.54) is 12.0 Å². The lowest BCUT2D eigenvalue weighted by atomic mass is 10.1. The highest BCUT2D eigenvalue weighted by molar-refractivity contribution is 5.09. The number of aryl methyl sites for hydroxylation is 1. The van der Waals surface area contributed by atoms with E-state index in [1.54, 1.807) is 0 Å². The average Bonchev–Trinajstić information content (AvgIpc) is 2.34. The monoisotopic (exact) mass is 222 g/mol. The van der Waals surface area contributed by atoms with Crippen LogP contribution in [0.25, 0.3) is 0 Å². The third-order valence-corrected chi connectivity index (χ3v) is 2.35. The Morgan fingerprint density at radius 2 is 2.00 bits per heavy atom. The van der Waals surface area contributed by atoms with E-state index >= 15 is 0 Å². The van der Waals surface area contributed by atoms with Crippen LogP contribution in [0.5, 0.6) is 0 Å². The SMILES string of the molecule is CCCNCCOCCCc1ccncc1. The summed E-state index contributed by atoms with van der Waals surface area (Å²) >= 11 is 0. The lowest BCUT2D eigenvalue weighted by molar-refractivity contribution is 0.134. The third-order valence-electron chi connectivity index (χ3n) is 2.35. The topological polar surface area (TPSA) is 34.1 Å². The van der Waals surface area contributed by atoms with Gasteiger partial charge in [-0.05, 0) is 43.5 Å². The molecule has 0 aliphatic carbocycles. The van der Waals surface area contributed by atoms with E-state index < -0.39 is 0 Å². The molecule has 90 valence electrons. The molecule has 3 heteroatoms. The number of rotatable bonds is 9. The van der Waals surface area contributed by atoms with Gasteiger partial charge in [-0.15, -0.1) is 0 Å². The van der Waals surface area contributed by atoms with Gasteiger partial charge in [0, 0.05) is 25.5 Å². The Morgan fingerprint density at radius 3 is 2.75 bits per heavy atom. The van der Waals surface area contributed by atoms with Crippen molar-refractivity contribution in [2.24, 2.45) is 0 Å². The maximum Gasteiger partial charge on any atom is 0.0590 e. The highest BCUT2D eigenvalue weighted by atomic mass is 16.5. The van der Waals surface area contributed by atoms with E-state index in [1.807, 2.05) is 12.4 Å². The molecule has 3 nitrogen and oxygen atoms in total. The first-order valence-electron chi connectivity index (χ1n) is 6.11. The minimum absolute atomic E-state index is 0.816. The maximum absolute atomic E-state index is 5.52. The Morgan fingerprint density at radius 1 is 1.19 bits per heavy atom. The van der Waals surface area contributed by atoms with E-state index in [9.17, 15) is 0 Å². The molecule has 0 saturated heterocycles. The molecule has 1 N–H and O–H groups in total. The van der Waals surface area contributed by atoms with Gasteiger partial charge in [0.25, 0.3) is 0 Å². The first-order valence-corrected chi connectivity index (χ1v) is 6.11. The molecule has 0 fully saturated rings. The van der Waals surface area contributed by atoms with Crippen LogP contribution in [0.2, 0.25) is 0 Å². The van der Waals surface area contributed by atoms with Crippen LogP contribution in [0.1, 0.15) is 25.3 Å². The summed E-state index contributed by atoms with van der Waals surface area (Å²) in [6.45, 7) is 5.87. The van der Waals surface area contributed by atoms with Crippen LogP contribution < -0.4 is 5.32 Å². The number of hydrogen-bond donors (Lipinski definition) is 1. The summed E-state index contributed by atoms with van der Waals surface area (Å²) in [5.41, 5.74) is 1.34. The maximum atomic E-state index is 5.52. The fourth-order valence-corrected chi connectivity index (χ4v) is 1.48. The highest BCUT2D eigenvalue weighted by Crippen LogP contribution is 2.00. The van der Waals surface area contributed by atoms with E-state index in [-0.39, 0.29) is 0 Å². The summed E-state index contributed by atoms with van der Waals surface area (Å²) in [6, 6.07) is 4.12. The second kappa shape index (κ2) is 9.31. The normalized spacial score (nSPS) is 10.6. The highest BCUT2D eigenvalue weighted by Gasteiger charge is 1.92. The lowest BCUT2D eigenvalue weighted by Crippen LogP contribution is -2.20. The second-order valence-electron chi connectivity index (χ2n) is 3.82. The van der Waals surface area contributed by atoms with Gasteiger partial charge in [-0.2, -0.15) is 0 Å². The van der Waals surface area contributed by atoms with Crippen LogP contribution in [0, 0.1) is 0 Å². The largest absolute Gasteiger partial charge is 0.380 e. The molecule has 0 aliphatic heterocycles. The first kappa shape index (κ1) is 13.1. The molecule has 0 unspecified atom stereocenters. The first-order chi connectivity index (χ1) is 7.93. The zero-order chi connectivity index (χ0) is 11.5. The standard InChI is InChI=1S/C13H22N2O/c1-2-7-14-10-12-16-11-3-4-13-5-8-15-9-6-13/h5-6,8-9,14H,2-4,7,10-12H2,1H3. The van der Waals surface area contributed by atoms with Gasteiger partial charge in [0.2, 0.25) is 0 Å². The molecular weight excluding hydrogens is 200 g/mol. The van der Waals surface area contributed by atoms with Gasteiger partial charge in [-0.3, -0.25) is 4.98 Å². The van der Waals surface area contributed by atoms with Gasteiger partial charge >= 0.3 is 0 Å². The number of nitrogens with zero attached hydrogens (tertiary/aromatic N) is 1. The van der Waals surface area contributed by atoms with Crippen molar-refractivity contribution in [3.63, 3.8) is 0 Å². The van der Waals surface area contributed by atoms with Crippen molar-refractivity contribution in [1.82, 2.24) is 10.3 Å². The van der Waals surface area contributed by atoms with Crippen LogP contribution >= 0.6 is 0 Å². The summed E-state index contributed by atoms with van der Waals surface area (Å²) < 4.78 is 5.52. The van der Waals surface area contributed by atoms with Crippen LogP contribution in [-0.4, -0.2) is 31.3 Å². The van der Waals surface area contributed by atoms with Gasteiger partial charge in [0.1, 0.15) is 0 Å². The number of hydrogen-bond acceptors (Lipinski definition) is 3. The zero-order valence-electron chi connectivity index (χ0n) is 10.1. The molecule has 0 bridgehead atoms.